The summed E-state index contributed by atoms with van der Waals surface area (Å²) in [6, 6.07) is 53.2. The van der Waals surface area contributed by atoms with Crippen molar-refractivity contribution in [1.29, 1.82) is 0 Å². The monoisotopic (exact) mass is 864 g/mol. The molecule has 0 spiro atoms. The molecule has 0 aliphatic rings. The number of nitrogens with zero attached hydrogens (tertiary/aromatic N) is 2. The van der Waals surface area contributed by atoms with Gasteiger partial charge in [0, 0.05) is 18.6 Å². The zero-order valence-electron chi connectivity index (χ0n) is 32.6. The standard InChI is InChI=1S/C24H20P.2C11H13NO5.V/c1-5-13-21(14-6-1)25(22-15-7-2-8-16-22,23-17-9-3-10-18-23)24-19-11-4-12-20-24;2*1-7(10(13)14)12(17)9(11(15)16)8-5-3-2-4-6-8;/h1-20H;2*2-7,9,17H,1H3,(H,13,14)(H,15,16);/q+1;;;/p-4. The molecule has 309 valence electrons. The minimum Gasteiger partial charge on any atom is -0.548 e. The Morgan fingerprint density at radius 1 is 0.400 bits per heavy atom. The number of rotatable bonds is 14. The maximum absolute atomic E-state index is 10.9. The van der Waals surface area contributed by atoms with E-state index in [1.807, 2.05) is 0 Å². The van der Waals surface area contributed by atoms with Crippen molar-refractivity contribution >= 4 is 52.4 Å². The minimum absolute atomic E-state index is 0. The van der Waals surface area contributed by atoms with E-state index in [4.69, 9.17) is 0 Å². The van der Waals surface area contributed by atoms with Gasteiger partial charge in [0.05, 0.1) is 36.0 Å². The van der Waals surface area contributed by atoms with Crippen LogP contribution in [0.25, 0.3) is 0 Å². The van der Waals surface area contributed by atoms with Crippen LogP contribution < -0.4 is 41.6 Å². The third-order valence-corrected chi connectivity index (χ3v) is 13.5. The topological polar surface area (TPSA) is 207 Å². The number of benzene rings is 6. The number of aliphatic carboxylic acids is 4. The summed E-state index contributed by atoms with van der Waals surface area (Å²) in [6.45, 7) is 2.24. The number of hydrogen-bond donors (Lipinski definition) is 2. The minimum atomic E-state index is -1.91. The summed E-state index contributed by atoms with van der Waals surface area (Å²) in [6.07, 6.45) is 0. The molecule has 6 aromatic rings. The molecule has 0 saturated heterocycles. The first-order valence-corrected chi connectivity index (χ1v) is 20.1. The number of carboxylic acids is 4. The molecule has 1 radical (unpaired) electrons. The number of hydrogen-bond acceptors (Lipinski definition) is 12. The molecule has 4 atom stereocenters. The number of carbonyl (C=O) groups excluding carboxylic acids is 4. The van der Waals surface area contributed by atoms with Crippen LogP contribution in [0.4, 0.5) is 0 Å². The molecule has 14 heteroatoms. The summed E-state index contributed by atoms with van der Waals surface area (Å²) in [7, 11) is -1.91. The summed E-state index contributed by atoms with van der Waals surface area (Å²) in [5.41, 5.74) is 0.450. The van der Waals surface area contributed by atoms with Gasteiger partial charge >= 0.3 is 0 Å². The molecule has 0 bridgehead atoms. The van der Waals surface area contributed by atoms with E-state index in [1.54, 1.807) is 36.4 Å². The third kappa shape index (κ3) is 12.1. The van der Waals surface area contributed by atoms with E-state index in [-0.39, 0.29) is 39.8 Å². The molecule has 0 fully saturated rings. The van der Waals surface area contributed by atoms with E-state index in [0.717, 1.165) is 13.8 Å². The van der Waals surface area contributed by atoms with Crippen molar-refractivity contribution in [2.24, 2.45) is 0 Å². The van der Waals surface area contributed by atoms with Crippen LogP contribution in [-0.4, -0.2) is 56.5 Å². The summed E-state index contributed by atoms with van der Waals surface area (Å²) < 4.78 is 0. The first-order valence-electron chi connectivity index (χ1n) is 18.3. The second kappa shape index (κ2) is 23.6. The molecule has 0 aliphatic carbocycles. The van der Waals surface area contributed by atoms with Crippen LogP contribution in [0.5, 0.6) is 0 Å². The molecule has 6 rings (SSSR count). The quantitative estimate of drug-likeness (QED) is 0.116. The van der Waals surface area contributed by atoms with Crippen molar-refractivity contribution in [2.45, 2.75) is 38.0 Å². The molecular formula is C46H42N2O10PV-3. The van der Waals surface area contributed by atoms with Crippen molar-refractivity contribution in [3.63, 3.8) is 0 Å². The van der Waals surface area contributed by atoms with Gasteiger partial charge in [0.25, 0.3) is 0 Å². The predicted octanol–water partition coefficient (Wildman–Crippen LogP) is 0.918. The Kier molecular flexibility index (Phi) is 19.0. The Labute approximate surface area is 360 Å². The molecule has 60 heavy (non-hydrogen) atoms. The van der Waals surface area contributed by atoms with Crippen molar-refractivity contribution in [2.75, 3.05) is 0 Å². The molecule has 4 unspecified atom stereocenters. The van der Waals surface area contributed by atoms with Crippen LogP contribution in [0.3, 0.4) is 0 Å². The molecule has 0 saturated carbocycles. The largest absolute Gasteiger partial charge is 0.548 e. The fraction of sp³-hybridized carbons (Fsp3) is 0.130. The predicted molar refractivity (Wildman–Crippen MR) is 216 cm³/mol. The molecule has 12 nitrogen and oxygen atoms in total. The average Bonchev–Trinajstić information content (AvgIpc) is 3.26. The van der Waals surface area contributed by atoms with Gasteiger partial charge in [-0.1, -0.05) is 133 Å². The van der Waals surface area contributed by atoms with E-state index in [9.17, 15) is 50.0 Å². The first kappa shape index (κ1) is 48.4. The molecular weight excluding hydrogens is 822 g/mol. The van der Waals surface area contributed by atoms with Crippen LogP contribution in [-0.2, 0) is 37.7 Å². The normalized spacial score (nSPS) is 12.8. The van der Waals surface area contributed by atoms with Gasteiger partial charge in [-0.25, -0.2) is 0 Å². The zero-order valence-corrected chi connectivity index (χ0v) is 34.9. The van der Waals surface area contributed by atoms with E-state index in [1.165, 1.54) is 45.5 Å². The maximum atomic E-state index is 10.9. The van der Waals surface area contributed by atoms with Crippen LogP contribution in [0.15, 0.2) is 182 Å². The Morgan fingerprint density at radius 3 is 0.783 bits per heavy atom. The molecule has 2 N–H and O–H groups in total. The van der Waals surface area contributed by atoms with Gasteiger partial charge in [-0.15, -0.1) is 0 Å². The number of hydroxylamine groups is 4. The van der Waals surface area contributed by atoms with Gasteiger partial charge in [0.2, 0.25) is 0 Å². The van der Waals surface area contributed by atoms with Crippen molar-refractivity contribution in [3.8, 4) is 0 Å². The maximum Gasteiger partial charge on any atom is 0.144 e. The van der Waals surface area contributed by atoms with Crippen LogP contribution in [0, 0.1) is 0 Å². The van der Waals surface area contributed by atoms with Gasteiger partial charge in [-0.05, 0) is 73.5 Å². The van der Waals surface area contributed by atoms with E-state index in [0.29, 0.717) is 0 Å². The second-order valence-corrected chi connectivity index (χ2v) is 16.4. The van der Waals surface area contributed by atoms with Crippen molar-refractivity contribution in [3.05, 3.63) is 193 Å². The summed E-state index contributed by atoms with van der Waals surface area (Å²) in [5, 5.41) is 68.1. The van der Waals surface area contributed by atoms with E-state index >= 15 is 0 Å². The molecule has 0 amide bonds. The fourth-order valence-corrected chi connectivity index (χ4v) is 10.5. The number of carboxylic acid groups (broad SMARTS) is 4. The Balaban J connectivity index is 0.000000247. The van der Waals surface area contributed by atoms with Crippen molar-refractivity contribution in [1.82, 2.24) is 10.1 Å². The summed E-state index contributed by atoms with van der Waals surface area (Å²) in [4.78, 5) is 43.0. The summed E-state index contributed by atoms with van der Waals surface area (Å²) in [5.74, 6) is -6.33. The Bertz CT molecular complexity index is 1980. The van der Waals surface area contributed by atoms with Gasteiger partial charge in [-0.3, -0.25) is 0 Å². The van der Waals surface area contributed by atoms with Gasteiger partial charge < -0.3 is 50.0 Å². The third-order valence-electron chi connectivity index (χ3n) is 9.26. The Hall–Kier alpha value is -5.95. The molecule has 0 heterocycles. The summed E-state index contributed by atoms with van der Waals surface area (Å²) >= 11 is 0. The smallest absolute Gasteiger partial charge is 0.144 e. The first-order chi connectivity index (χ1) is 28.3. The SMILES string of the molecule is CC(C(=O)[O-])N(O)C(C(=O)[O-])c1ccccc1.CC(C(=O)[O-])N(O)C(C(=O)[O-])c1ccccc1.[V].c1ccc([P+](c2ccccc2)(c2ccccc2)c2ccccc2)cc1. The van der Waals surface area contributed by atoms with E-state index < -0.39 is 55.3 Å². The zero-order chi connectivity index (χ0) is 43.0. The van der Waals surface area contributed by atoms with Crippen LogP contribution in [0.2, 0.25) is 0 Å². The average molecular weight is 865 g/mol. The van der Waals surface area contributed by atoms with Gasteiger partial charge in [-0.2, -0.15) is 10.1 Å². The fourth-order valence-electron chi connectivity index (χ4n) is 6.23. The van der Waals surface area contributed by atoms with Crippen molar-refractivity contribution < 1.29 is 68.6 Å². The van der Waals surface area contributed by atoms with E-state index in [2.05, 4.69) is 121 Å². The van der Waals surface area contributed by atoms with Crippen LogP contribution >= 0.6 is 7.26 Å². The van der Waals surface area contributed by atoms with Crippen LogP contribution in [0.1, 0.15) is 37.1 Å². The van der Waals surface area contributed by atoms with Gasteiger partial charge in [0.1, 0.15) is 40.6 Å². The Morgan fingerprint density at radius 2 is 0.600 bits per heavy atom. The van der Waals surface area contributed by atoms with Gasteiger partial charge in [0.15, 0.2) is 0 Å². The molecule has 0 aliphatic heterocycles. The second-order valence-electron chi connectivity index (χ2n) is 13.0. The number of carbonyl (C=O) groups is 4. The molecule has 6 aromatic carbocycles. The molecule has 0 aromatic heterocycles.